The molecule has 0 radical (unpaired) electrons. The Labute approximate surface area is 242 Å². The second-order valence-electron chi connectivity index (χ2n) is 13.2. The Morgan fingerprint density at radius 1 is 1.10 bits per heavy atom. The topological polar surface area (TPSA) is 75.4 Å². The van der Waals surface area contributed by atoms with E-state index in [0.29, 0.717) is 38.4 Å². The van der Waals surface area contributed by atoms with Crippen LogP contribution in [-0.2, 0) is 4.79 Å². The molecule has 39 heavy (non-hydrogen) atoms. The summed E-state index contributed by atoms with van der Waals surface area (Å²) in [6.45, 7) is 12.3. The van der Waals surface area contributed by atoms with E-state index in [0.717, 1.165) is 49.8 Å². The number of carbonyl (C=O) groups excluding carboxylic acids is 2. The molecule has 0 aliphatic heterocycles. The van der Waals surface area contributed by atoms with E-state index in [4.69, 9.17) is 23.2 Å². The predicted octanol–water partition coefficient (Wildman–Crippen LogP) is 7.13. The van der Waals surface area contributed by atoms with Crippen LogP contribution in [0.25, 0.3) is 0 Å². The van der Waals surface area contributed by atoms with Gasteiger partial charge >= 0.3 is 0 Å². The third kappa shape index (κ3) is 5.06. The summed E-state index contributed by atoms with van der Waals surface area (Å²) >= 11 is 13.0. The smallest absolute Gasteiger partial charge is 0.257 e. The molecule has 2 aromatic rings. The zero-order valence-corrected chi connectivity index (χ0v) is 25.4. The zero-order chi connectivity index (χ0) is 28.4. The molecule has 4 atom stereocenters. The lowest BCUT2D eigenvalue weighted by Crippen LogP contribution is -2.43. The van der Waals surface area contributed by atoms with Gasteiger partial charge in [-0.05, 0) is 94.2 Å². The predicted molar refractivity (Wildman–Crippen MR) is 154 cm³/mol. The van der Waals surface area contributed by atoms with Gasteiger partial charge in [0.1, 0.15) is 5.78 Å². The molecule has 1 N–H and O–H groups in total. The fraction of sp³-hybridized carbons (Fsp3) is 0.645. The number of carbonyl (C=O) groups is 2. The van der Waals surface area contributed by atoms with Crippen LogP contribution in [0.4, 0.5) is 0 Å². The second kappa shape index (κ2) is 10.2. The minimum absolute atomic E-state index is 0.0480. The van der Waals surface area contributed by atoms with Gasteiger partial charge in [-0.25, -0.2) is 0 Å². The Balaban J connectivity index is 1.39. The van der Waals surface area contributed by atoms with Gasteiger partial charge in [-0.2, -0.15) is 5.10 Å². The minimum atomic E-state index is -1.00. The van der Waals surface area contributed by atoms with Crippen LogP contribution in [0.5, 0.6) is 0 Å². The molecule has 1 amide bonds. The number of aromatic nitrogens is 2. The Bertz CT molecular complexity index is 1260. The highest BCUT2D eigenvalue weighted by Crippen LogP contribution is 2.67. The van der Waals surface area contributed by atoms with Gasteiger partial charge in [-0.1, -0.05) is 44.0 Å². The molecule has 0 saturated heterocycles. The summed E-state index contributed by atoms with van der Waals surface area (Å²) in [6, 6.07) is 3.80. The lowest BCUT2D eigenvalue weighted by Gasteiger charge is -2.36. The van der Waals surface area contributed by atoms with Crippen LogP contribution in [0.3, 0.4) is 0 Å². The van der Waals surface area contributed by atoms with Crippen molar-refractivity contribution in [3.63, 3.8) is 0 Å². The monoisotopic (exact) mass is 573 g/mol. The molecule has 1 unspecified atom stereocenters. The van der Waals surface area contributed by atoms with Crippen LogP contribution in [0, 0.1) is 36.5 Å². The Morgan fingerprint density at radius 2 is 1.67 bits per heavy atom. The summed E-state index contributed by atoms with van der Waals surface area (Å²) in [6.07, 6.45) is 5.92. The molecule has 8 heteroatoms. The quantitative estimate of drug-likeness (QED) is 0.382. The number of benzene rings is 1. The molecule has 6 nitrogen and oxygen atoms in total. The lowest BCUT2D eigenvalue weighted by molar-refractivity contribution is -0.127. The third-order valence-corrected chi connectivity index (χ3v) is 11.1. The molecular formula is C31H41Cl2N3O3. The highest BCUT2D eigenvalue weighted by molar-refractivity contribution is 6.36. The van der Waals surface area contributed by atoms with Crippen molar-refractivity contribution in [3.8, 4) is 0 Å². The summed E-state index contributed by atoms with van der Waals surface area (Å²) in [5.41, 5.74) is 2.85. The number of amides is 1. The number of ketones is 1. The van der Waals surface area contributed by atoms with Crippen LogP contribution >= 0.6 is 23.2 Å². The van der Waals surface area contributed by atoms with Crippen molar-refractivity contribution < 1.29 is 14.7 Å². The molecule has 1 aromatic heterocycles. The number of hydrogen-bond donors (Lipinski definition) is 1. The maximum atomic E-state index is 14.2. The molecule has 3 aliphatic carbocycles. The van der Waals surface area contributed by atoms with Gasteiger partial charge in [0.25, 0.3) is 5.91 Å². The molecule has 212 valence electrons. The number of aryl methyl sites for hydroxylation is 1. The first-order chi connectivity index (χ1) is 18.2. The molecule has 0 spiro atoms. The van der Waals surface area contributed by atoms with Crippen LogP contribution in [0.15, 0.2) is 18.3 Å². The van der Waals surface area contributed by atoms with Gasteiger partial charge in [0.2, 0.25) is 0 Å². The third-order valence-electron chi connectivity index (χ3n) is 10.5. The van der Waals surface area contributed by atoms with Crippen LogP contribution in [0.2, 0.25) is 10.0 Å². The SMILES string of the molecule is Cc1cc(Cl)c(C(O)CN(C(=O)c2cnn([C@H]3CC[C@](C)(C(C)=O)CC3)c2C)[C@H]2C[C@@H]3[C@H](C2)C3(C)C)c(Cl)c1. The molecule has 3 fully saturated rings. The fourth-order valence-corrected chi connectivity index (χ4v) is 8.28. The molecular weight excluding hydrogens is 533 g/mol. The molecule has 1 aromatic carbocycles. The number of halogens is 2. The average Bonchev–Trinajstić information content (AvgIpc) is 3.23. The zero-order valence-electron chi connectivity index (χ0n) is 23.9. The number of fused-ring (bicyclic) bond motifs is 1. The van der Waals surface area contributed by atoms with E-state index in [-0.39, 0.29) is 35.7 Å². The van der Waals surface area contributed by atoms with Gasteiger partial charge < -0.3 is 10.0 Å². The number of Topliss-reactive ketones (excluding diaryl/α,β-unsaturated/α-hetero) is 1. The first kappa shape index (κ1) is 28.6. The maximum Gasteiger partial charge on any atom is 0.257 e. The summed E-state index contributed by atoms with van der Waals surface area (Å²) in [4.78, 5) is 28.1. The minimum Gasteiger partial charge on any atom is -0.386 e. The van der Waals surface area contributed by atoms with Crippen molar-refractivity contribution in [2.45, 2.75) is 98.3 Å². The van der Waals surface area contributed by atoms with Crippen molar-refractivity contribution in [3.05, 3.63) is 50.8 Å². The first-order valence-corrected chi connectivity index (χ1v) is 15.0. The first-order valence-electron chi connectivity index (χ1n) is 14.2. The van der Waals surface area contributed by atoms with Crippen molar-refractivity contribution in [2.24, 2.45) is 22.7 Å². The average molecular weight is 575 g/mol. The van der Waals surface area contributed by atoms with Gasteiger partial charge in [-0.15, -0.1) is 0 Å². The van der Waals surface area contributed by atoms with Crippen molar-refractivity contribution in [1.29, 1.82) is 0 Å². The summed E-state index contributed by atoms with van der Waals surface area (Å²) in [5.74, 6) is 1.34. The van der Waals surface area contributed by atoms with Gasteiger partial charge in [-0.3, -0.25) is 14.3 Å². The Morgan fingerprint density at radius 3 is 2.21 bits per heavy atom. The molecule has 0 bridgehead atoms. The van der Waals surface area contributed by atoms with Crippen LogP contribution < -0.4 is 0 Å². The number of rotatable bonds is 7. The molecule has 3 aliphatic rings. The summed E-state index contributed by atoms with van der Waals surface area (Å²) in [5, 5.41) is 16.8. The van der Waals surface area contributed by atoms with Crippen LogP contribution in [0.1, 0.15) is 106 Å². The lowest BCUT2D eigenvalue weighted by atomic mass is 9.71. The van der Waals surface area contributed by atoms with Gasteiger partial charge in [0, 0.05) is 32.8 Å². The van der Waals surface area contributed by atoms with E-state index in [1.54, 1.807) is 25.3 Å². The summed E-state index contributed by atoms with van der Waals surface area (Å²) < 4.78 is 1.98. The normalized spacial score (nSPS) is 30.1. The van der Waals surface area contributed by atoms with Crippen molar-refractivity contribution in [1.82, 2.24) is 14.7 Å². The molecule has 3 saturated carbocycles. The van der Waals surface area contributed by atoms with E-state index in [9.17, 15) is 14.7 Å². The number of nitrogens with zero attached hydrogens (tertiary/aromatic N) is 3. The van der Waals surface area contributed by atoms with E-state index >= 15 is 0 Å². The second-order valence-corrected chi connectivity index (χ2v) is 14.0. The van der Waals surface area contributed by atoms with Gasteiger partial charge in [0.05, 0.1) is 30.5 Å². The highest BCUT2D eigenvalue weighted by Gasteiger charge is 2.63. The number of hydrogen-bond acceptors (Lipinski definition) is 4. The molecule has 1 heterocycles. The van der Waals surface area contributed by atoms with Crippen LogP contribution in [-0.4, -0.2) is 44.1 Å². The Hall–Kier alpha value is -1.89. The fourth-order valence-electron chi connectivity index (χ4n) is 7.43. The Kier molecular flexibility index (Phi) is 7.48. The standard InChI is InChI=1S/C31H41Cl2N3O3/c1-17-11-25(32)28(26(33)12-17)27(38)16-35(21-13-23-24(14-21)30(23,4)5)29(39)22-15-34-36(18(22)2)20-7-9-31(6,10-8-20)19(3)37/h11-12,15,20-21,23-24,27,38H,7-10,13-14,16H2,1-6H3/t20-,21-,23+,24-,27?,31-. The van der Waals surface area contributed by atoms with Crippen molar-refractivity contribution in [2.75, 3.05) is 6.54 Å². The van der Waals surface area contributed by atoms with E-state index < -0.39 is 6.10 Å². The molecule has 5 rings (SSSR count). The number of aliphatic hydroxyl groups excluding tert-OH is 1. The van der Waals surface area contributed by atoms with E-state index in [2.05, 4.69) is 25.9 Å². The highest BCUT2D eigenvalue weighted by atomic mass is 35.5. The largest absolute Gasteiger partial charge is 0.386 e. The van der Waals surface area contributed by atoms with E-state index in [1.165, 1.54) is 0 Å². The van der Waals surface area contributed by atoms with Gasteiger partial charge in [0.15, 0.2) is 0 Å². The van der Waals surface area contributed by atoms with E-state index in [1.807, 2.05) is 23.4 Å². The van der Waals surface area contributed by atoms with Crippen molar-refractivity contribution >= 4 is 34.9 Å². The summed E-state index contributed by atoms with van der Waals surface area (Å²) in [7, 11) is 0. The maximum absolute atomic E-state index is 14.2. The number of aliphatic hydroxyl groups is 1.